The van der Waals surface area contributed by atoms with E-state index in [0.717, 1.165) is 74.5 Å². The Morgan fingerprint density at radius 1 is 0.803 bits per heavy atom. The first-order valence-electron chi connectivity index (χ1n) is 26.0. The third-order valence-electron chi connectivity index (χ3n) is 18.2. The molecule has 66 heavy (non-hydrogen) atoms. The number of hydrogen-bond donors (Lipinski definition) is 2. The van der Waals surface area contributed by atoms with Crippen LogP contribution in [0.4, 0.5) is 0 Å². The highest BCUT2D eigenvalue weighted by molar-refractivity contribution is 8.01. The van der Waals surface area contributed by atoms with E-state index >= 15 is 0 Å². The molecule has 2 fully saturated rings. The summed E-state index contributed by atoms with van der Waals surface area (Å²) >= 11 is 4.26. The van der Waals surface area contributed by atoms with Crippen LogP contribution in [0.15, 0.2) is 130 Å². The van der Waals surface area contributed by atoms with Gasteiger partial charge in [0.1, 0.15) is 0 Å². The first-order chi connectivity index (χ1) is 32.7. The minimum absolute atomic E-state index is 0.0159. The second-order valence-corrected chi connectivity index (χ2v) is 24.0. The first-order valence-corrected chi connectivity index (χ1v) is 27.8. The number of benzene rings is 1. The number of fused-ring (bicyclic) bond motifs is 11. The van der Waals surface area contributed by atoms with Gasteiger partial charge in [0, 0.05) is 95.7 Å². The van der Waals surface area contributed by atoms with Crippen molar-refractivity contribution in [1.29, 1.82) is 5.26 Å². The van der Waals surface area contributed by atoms with Gasteiger partial charge >= 0.3 is 0 Å². The number of hydrogen-bond acceptors (Lipinski definition) is 7. The Morgan fingerprint density at radius 2 is 1.68 bits per heavy atom. The number of allylic oxidation sites excluding steroid dienone is 10. The third-order valence-corrected chi connectivity index (χ3v) is 21.1. The maximum Gasteiger partial charge on any atom is 0.0998 e. The summed E-state index contributed by atoms with van der Waals surface area (Å²) in [6.45, 7) is 0. The molecule has 1 saturated heterocycles. The fraction of sp³-hybridized carbons (Fsp3) is 0.475. The summed E-state index contributed by atoms with van der Waals surface area (Å²) in [4.78, 5) is 5.82. The molecule has 2 N–H and O–H groups in total. The zero-order valence-corrected chi connectivity index (χ0v) is 39.8. The monoisotopic (exact) mass is 905 g/mol. The molecule has 1 saturated carbocycles. The lowest BCUT2D eigenvalue weighted by molar-refractivity contribution is 0.0939. The highest BCUT2D eigenvalue weighted by Gasteiger charge is 2.56. The van der Waals surface area contributed by atoms with Gasteiger partial charge < -0.3 is 15.1 Å². The van der Waals surface area contributed by atoms with E-state index in [1.807, 2.05) is 11.3 Å². The smallest absolute Gasteiger partial charge is 0.0998 e. The summed E-state index contributed by atoms with van der Waals surface area (Å²) < 4.78 is 2.81. The van der Waals surface area contributed by atoms with Crippen LogP contribution >= 0.6 is 23.1 Å². The molecule has 5 nitrogen and oxygen atoms in total. The van der Waals surface area contributed by atoms with E-state index in [9.17, 15) is 5.26 Å². The van der Waals surface area contributed by atoms with Crippen LogP contribution < -0.4 is 20.4 Å². The molecule has 7 heteroatoms. The van der Waals surface area contributed by atoms with Gasteiger partial charge in [-0.1, -0.05) is 91.8 Å². The Labute approximate surface area is 399 Å². The number of thioether (sulfide) groups is 1. The summed E-state index contributed by atoms with van der Waals surface area (Å²) in [7, 11) is 0. The lowest BCUT2D eigenvalue weighted by Crippen LogP contribution is -2.59. The third kappa shape index (κ3) is 6.40. The van der Waals surface area contributed by atoms with Gasteiger partial charge in [-0.05, 0) is 141 Å². The van der Waals surface area contributed by atoms with Gasteiger partial charge in [-0.2, -0.15) is 5.26 Å². The van der Waals surface area contributed by atoms with Crippen LogP contribution in [0.2, 0.25) is 0 Å². The molecule has 0 radical (unpaired) electrons. The highest BCUT2D eigenvalue weighted by Crippen LogP contribution is 2.61. The molecule has 0 spiro atoms. The van der Waals surface area contributed by atoms with E-state index in [1.165, 1.54) is 93.0 Å². The van der Waals surface area contributed by atoms with Crippen LogP contribution in [0, 0.1) is 40.9 Å². The topological polar surface area (TPSA) is 54.3 Å². The largest absolute Gasteiger partial charge is 0.366 e. The van der Waals surface area contributed by atoms with Crippen LogP contribution in [0.5, 0.6) is 0 Å². The van der Waals surface area contributed by atoms with Crippen molar-refractivity contribution in [2.45, 2.75) is 144 Å². The van der Waals surface area contributed by atoms with Crippen molar-refractivity contribution in [3.8, 4) is 6.07 Å². The van der Waals surface area contributed by atoms with Crippen LogP contribution in [-0.2, 0) is 0 Å². The van der Waals surface area contributed by atoms with Crippen molar-refractivity contribution in [3.05, 3.63) is 146 Å². The van der Waals surface area contributed by atoms with Crippen molar-refractivity contribution in [3.63, 3.8) is 0 Å². The number of rotatable bonds is 5. The quantitative estimate of drug-likeness (QED) is 0.292. The zero-order valence-electron chi connectivity index (χ0n) is 38.2. The van der Waals surface area contributed by atoms with Crippen molar-refractivity contribution >= 4 is 51.0 Å². The lowest BCUT2D eigenvalue weighted by Gasteiger charge is -2.51. The number of nitrogens with zero attached hydrogens (tertiary/aromatic N) is 3. The van der Waals surface area contributed by atoms with E-state index in [1.54, 1.807) is 16.8 Å². The Kier molecular flexibility index (Phi) is 10.1. The van der Waals surface area contributed by atoms with Gasteiger partial charge in [0.25, 0.3) is 0 Å². The van der Waals surface area contributed by atoms with Gasteiger partial charge in [-0.25, -0.2) is 0 Å². The van der Waals surface area contributed by atoms with Crippen molar-refractivity contribution in [2.75, 3.05) is 0 Å². The van der Waals surface area contributed by atoms with Gasteiger partial charge in [0.15, 0.2) is 0 Å². The van der Waals surface area contributed by atoms with Crippen molar-refractivity contribution in [2.24, 2.45) is 29.6 Å². The summed E-state index contributed by atoms with van der Waals surface area (Å²) in [6, 6.07) is 11.2. The minimum Gasteiger partial charge on any atom is -0.366 e. The molecule has 1 aromatic carbocycles. The lowest BCUT2D eigenvalue weighted by atomic mass is 9.72. The zero-order chi connectivity index (χ0) is 43.5. The molecule has 0 bridgehead atoms. The number of nitriles is 1. The molecule has 1 aromatic heterocycles. The Balaban J connectivity index is 0.945. The second kappa shape index (κ2) is 16.3. The number of nitrogens with one attached hydrogen (secondary N) is 2. The molecule has 8 aliphatic carbocycles. The Morgan fingerprint density at radius 3 is 2.59 bits per heavy atom. The average molecular weight is 906 g/mol. The average Bonchev–Trinajstić information content (AvgIpc) is 4.13. The Bertz CT molecular complexity index is 2890. The van der Waals surface area contributed by atoms with Crippen LogP contribution in [-0.4, -0.2) is 50.6 Å². The molecule has 12 atom stereocenters. The first kappa shape index (κ1) is 40.6. The van der Waals surface area contributed by atoms with Crippen LogP contribution in [0.25, 0.3) is 27.9 Å². The molecule has 2 aromatic rings. The molecular formula is C59H63N5S2. The van der Waals surface area contributed by atoms with Crippen LogP contribution in [0.3, 0.4) is 0 Å². The predicted octanol–water partition coefficient (Wildman–Crippen LogP) is 11.3. The highest BCUT2D eigenvalue weighted by atomic mass is 32.2. The van der Waals surface area contributed by atoms with Gasteiger partial charge in [-0.3, -0.25) is 5.32 Å². The van der Waals surface area contributed by atoms with Gasteiger partial charge in [0.05, 0.1) is 24.3 Å². The van der Waals surface area contributed by atoms with Gasteiger partial charge in [0.2, 0.25) is 0 Å². The second-order valence-electron chi connectivity index (χ2n) is 21.5. The molecule has 336 valence electrons. The molecule has 14 rings (SSSR count). The summed E-state index contributed by atoms with van der Waals surface area (Å²) in [5.41, 5.74) is 12.7. The van der Waals surface area contributed by atoms with E-state index in [2.05, 4.69) is 142 Å². The van der Waals surface area contributed by atoms with E-state index in [-0.39, 0.29) is 24.2 Å². The van der Waals surface area contributed by atoms with Crippen molar-refractivity contribution in [1.82, 2.24) is 20.4 Å². The standard InChI is InChI=1S/C59H63N5S2/c60-34-37-31-45(47-32-46(61-59(62-47)35-14-2-1-3-15-35)36-26-28-55-44(30-36)41-19-7-12-24-53(41)65-55)52(33-51(37)63-48-21-9-4-16-38(48)39-17-5-10-22-49(39)63)64-50-23-11-6-18-40(50)42-27-29-56-57(58(42)64)43-20-8-13-25-54(43)66-56/h1-2,9-11,14,19,21-24,26-30,32,38,40,43,45,47-48,50,52,54,56-57,59,61-62H,3-8,12-13,15-18,20,25,31,33H2. The fourth-order valence-electron chi connectivity index (χ4n) is 15.3. The van der Waals surface area contributed by atoms with Gasteiger partial charge in [-0.15, -0.1) is 23.1 Å². The molecule has 4 aliphatic heterocycles. The van der Waals surface area contributed by atoms with Crippen LogP contribution in [0.1, 0.15) is 108 Å². The maximum atomic E-state index is 11.6. The van der Waals surface area contributed by atoms with Crippen molar-refractivity contribution < 1.29 is 0 Å². The molecule has 0 amide bonds. The summed E-state index contributed by atoms with van der Waals surface area (Å²) in [5.74, 6) is 2.60. The predicted molar refractivity (Wildman–Crippen MR) is 274 cm³/mol. The Hall–Kier alpha value is -4.48. The van der Waals surface area contributed by atoms with E-state index < -0.39 is 0 Å². The maximum absolute atomic E-state index is 11.6. The van der Waals surface area contributed by atoms with E-state index in [0.29, 0.717) is 35.1 Å². The fourth-order valence-corrected chi connectivity index (χ4v) is 18.4. The molecule has 12 aliphatic rings. The summed E-state index contributed by atoms with van der Waals surface area (Å²) in [5, 5.41) is 24.2. The molecular weight excluding hydrogens is 843 g/mol. The normalized spacial score (nSPS) is 37.2. The van der Waals surface area contributed by atoms with E-state index in [4.69, 9.17) is 0 Å². The molecule has 5 heterocycles. The minimum atomic E-state index is 0.0159. The summed E-state index contributed by atoms with van der Waals surface area (Å²) in [6.07, 6.45) is 53.3. The molecule has 12 unspecified atom stereocenters. The SMILES string of the molecule is N#CC1=C(N2C3=C(CCC=C3)C3CCC=CC32)CC(N2C3=C(C=CC4SC5CCCCC5C34)C3CCC=CC32)C(C2C=C(c3ccc4sc5c(c4c3)=CCCC=5)NC(C3=CC=CCC3)N2)C1. The number of thiophene rings is 1.